The van der Waals surface area contributed by atoms with Gasteiger partial charge in [0.15, 0.2) is 11.2 Å². The highest BCUT2D eigenvalue weighted by atomic mass is 35.5. The summed E-state index contributed by atoms with van der Waals surface area (Å²) >= 11 is 6.03. The third-order valence-electron chi connectivity index (χ3n) is 5.79. The third-order valence-corrected chi connectivity index (χ3v) is 6.04. The molecule has 2 aromatic heterocycles. The Morgan fingerprint density at radius 3 is 2.52 bits per heavy atom. The van der Waals surface area contributed by atoms with E-state index in [1.165, 1.54) is 24.5 Å². The number of benzene rings is 1. The second-order valence-electron chi connectivity index (χ2n) is 8.10. The van der Waals surface area contributed by atoms with Gasteiger partial charge in [-0.2, -0.15) is 0 Å². The lowest BCUT2D eigenvalue weighted by Crippen LogP contribution is -2.37. The van der Waals surface area contributed by atoms with E-state index in [9.17, 15) is 9.59 Å². The van der Waals surface area contributed by atoms with Gasteiger partial charge in [0.2, 0.25) is 0 Å². The van der Waals surface area contributed by atoms with E-state index in [4.69, 9.17) is 16.6 Å². The van der Waals surface area contributed by atoms with Crippen LogP contribution in [0.4, 0.5) is 0 Å². The van der Waals surface area contributed by atoms with Gasteiger partial charge in [0, 0.05) is 32.2 Å². The number of rotatable bonds is 4. The van der Waals surface area contributed by atoms with Gasteiger partial charge in [0.05, 0.1) is 6.54 Å². The van der Waals surface area contributed by atoms with Crippen molar-refractivity contribution in [3.63, 3.8) is 0 Å². The predicted octanol–water partition coefficient (Wildman–Crippen LogP) is 2.37. The highest BCUT2D eigenvalue weighted by Crippen LogP contribution is 2.21. The zero-order valence-electron chi connectivity index (χ0n) is 17.1. The van der Waals surface area contributed by atoms with E-state index in [1.54, 1.807) is 7.05 Å². The Hall–Kier alpha value is -2.38. The van der Waals surface area contributed by atoms with Gasteiger partial charge in [0.25, 0.3) is 5.56 Å². The Balaban J connectivity index is 1.85. The first-order chi connectivity index (χ1) is 13.8. The molecule has 0 N–H and O–H groups in total. The molecule has 1 aliphatic heterocycles. The minimum absolute atomic E-state index is 0.317. The maximum atomic E-state index is 13.0. The molecule has 0 bridgehead atoms. The van der Waals surface area contributed by atoms with Gasteiger partial charge in [-0.05, 0) is 43.0 Å². The monoisotopic (exact) mass is 415 g/mol. The van der Waals surface area contributed by atoms with E-state index in [2.05, 4.69) is 11.8 Å². The summed E-state index contributed by atoms with van der Waals surface area (Å²) in [5.74, 6) is 1.46. The Bertz CT molecular complexity index is 1160. The van der Waals surface area contributed by atoms with Gasteiger partial charge in [0.1, 0.15) is 5.82 Å². The highest BCUT2D eigenvalue weighted by molar-refractivity contribution is 6.30. The molecule has 3 heterocycles. The Morgan fingerprint density at radius 1 is 1.10 bits per heavy atom. The molecule has 0 spiro atoms. The Labute approximate surface area is 174 Å². The largest absolute Gasteiger partial charge is 0.332 e. The second-order valence-corrected chi connectivity index (χ2v) is 8.54. The predicted molar refractivity (Wildman–Crippen MR) is 114 cm³/mol. The molecule has 0 aliphatic carbocycles. The molecule has 1 fully saturated rings. The minimum Gasteiger partial charge on any atom is -0.317 e. The number of likely N-dealkylation sites (tertiary alicyclic amines) is 1. The van der Waals surface area contributed by atoms with Crippen molar-refractivity contribution in [2.75, 3.05) is 13.1 Å². The van der Waals surface area contributed by atoms with Crippen molar-refractivity contribution >= 4 is 22.8 Å². The van der Waals surface area contributed by atoms with Crippen LogP contribution in [0.5, 0.6) is 0 Å². The zero-order chi connectivity index (χ0) is 20.7. The fraction of sp³-hybridized carbons (Fsp3) is 0.476. The standard InChI is InChI=1S/C21H26ClN5O2/c1-14-5-4-10-26(11-14)13-17-23-19-18(20(28)25(3)21(29)24(19)2)27(17)12-15-6-8-16(22)9-7-15/h6-9,14H,4-5,10-13H2,1-3H3/t14-/m1/s1. The molecule has 0 unspecified atom stereocenters. The molecule has 4 rings (SSSR count). The molecule has 7 nitrogen and oxygen atoms in total. The molecule has 0 saturated carbocycles. The summed E-state index contributed by atoms with van der Waals surface area (Å²) in [6.45, 7) is 5.46. The average Bonchev–Trinajstić information content (AvgIpc) is 3.04. The second kappa shape index (κ2) is 7.80. The number of hydrogen-bond donors (Lipinski definition) is 0. The van der Waals surface area contributed by atoms with Gasteiger partial charge < -0.3 is 4.57 Å². The van der Waals surface area contributed by atoms with Crippen LogP contribution in [0.25, 0.3) is 11.2 Å². The van der Waals surface area contributed by atoms with E-state index in [0.29, 0.717) is 35.2 Å². The van der Waals surface area contributed by atoms with Crippen molar-refractivity contribution in [3.8, 4) is 0 Å². The number of imidazole rings is 1. The molecular formula is C21H26ClN5O2. The number of aromatic nitrogens is 4. The fourth-order valence-electron chi connectivity index (χ4n) is 4.19. The van der Waals surface area contributed by atoms with Crippen molar-refractivity contribution in [1.29, 1.82) is 0 Å². The lowest BCUT2D eigenvalue weighted by Gasteiger charge is -2.30. The molecule has 1 atom stereocenters. The summed E-state index contributed by atoms with van der Waals surface area (Å²) in [5, 5.41) is 0.671. The van der Waals surface area contributed by atoms with Gasteiger partial charge in [-0.3, -0.25) is 18.8 Å². The fourth-order valence-corrected chi connectivity index (χ4v) is 4.31. The van der Waals surface area contributed by atoms with Crippen LogP contribution in [-0.4, -0.2) is 36.7 Å². The van der Waals surface area contributed by atoms with Crippen LogP contribution in [0.3, 0.4) is 0 Å². The van der Waals surface area contributed by atoms with Crippen LogP contribution in [0.2, 0.25) is 5.02 Å². The van der Waals surface area contributed by atoms with Gasteiger partial charge in [-0.25, -0.2) is 9.78 Å². The first-order valence-corrected chi connectivity index (χ1v) is 10.3. The maximum Gasteiger partial charge on any atom is 0.332 e. The van der Waals surface area contributed by atoms with E-state index in [-0.39, 0.29) is 11.2 Å². The molecule has 0 amide bonds. The molecule has 1 aliphatic rings. The summed E-state index contributed by atoms with van der Waals surface area (Å²) in [6.07, 6.45) is 2.41. The summed E-state index contributed by atoms with van der Waals surface area (Å²) in [4.78, 5) is 32.5. The zero-order valence-corrected chi connectivity index (χ0v) is 17.8. The highest BCUT2D eigenvalue weighted by Gasteiger charge is 2.23. The number of aryl methyl sites for hydroxylation is 1. The normalized spacial score (nSPS) is 17.9. The first-order valence-electron chi connectivity index (χ1n) is 9.97. The summed E-state index contributed by atoms with van der Waals surface area (Å²) in [6, 6.07) is 7.59. The molecule has 1 saturated heterocycles. The molecule has 3 aromatic rings. The van der Waals surface area contributed by atoms with Crippen LogP contribution in [0.1, 0.15) is 31.2 Å². The van der Waals surface area contributed by atoms with Crippen molar-refractivity contribution in [1.82, 2.24) is 23.6 Å². The topological polar surface area (TPSA) is 65.1 Å². The van der Waals surface area contributed by atoms with Crippen LogP contribution >= 0.6 is 11.6 Å². The SMILES string of the molecule is C[C@@H]1CCCN(Cc2nc3c(c(=O)n(C)c(=O)n3C)n2Cc2ccc(Cl)cc2)C1. The van der Waals surface area contributed by atoms with Gasteiger partial charge in [-0.1, -0.05) is 30.7 Å². The number of halogens is 1. The smallest absolute Gasteiger partial charge is 0.317 e. The molecule has 1 aromatic carbocycles. The van der Waals surface area contributed by atoms with E-state index >= 15 is 0 Å². The van der Waals surface area contributed by atoms with Gasteiger partial charge in [-0.15, -0.1) is 0 Å². The Kier molecular flexibility index (Phi) is 5.36. The third kappa shape index (κ3) is 3.76. The van der Waals surface area contributed by atoms with Crippen LogP contribution in [-0.2, 0) is 27.2 Å². The lowest BCUT2D eigenvalue weighted by molar-refractivity contribution is 0.171. The van der Waals surface area contributed by atoms with Crippen molar-refractivity contribution in [2.24, 2.45) is 20.0 Å². The van der Waals surface area contributed by atoms with Crippen molar-refractivity contribution in [2.45, 2.75) is 32.9 Å². The van der Waals surface area contributed by atoms with E-state index < -0.39 is 0 Å². The van der Waals surface area contributed by atoms with Gasteiger partial charge >= 0.3 is 5.69 Å². The number of nitrogens with zero attached hydrogens (tertiary/aromatic N) is 5. The van der Waals surface area contributed by atoms with Crippen LogP contribution in [0.15, 0.2) is 33.9 Å². The molecule has 29 heavy (non-hydrogen) atoms. The number of piperidine rings is 1. The maximum absolute atomic E-state index is 13.0. The van der Waals surface area contributed by atoms with E-state index in [0.717, 1.165) is 29.0 Å². The molecular weight excluding hydrogens is 390 g/mol. The Morgan fingerprint density at radius 2 is 1.83 bits per heavy atom. The molecule has 154 valence electrons. The molecule has 0 radical (unpaired) electrons. The van der Waals surface area contributed by atoms with Crippen LogP contribution in [0, 0.1) is 5.92 Å². The number of hydrogen-bond acceptors (Lipinski definition) is 4. The van der Waals surface area contributed by atoms with Crippen molar-refractivity contribution in [3.05, 3.63) is 61.5 Å². The first kappa shape index (κ1) is 19.9. The lowest BCUT2D eigenvalue weighted by atomic mass is 10.0. The summed E-state index contributed by atoms with van der Waals surface area (Å²) in [5.41, 5.74) is 1.24. The quantitative estimate of drug-likeness (QED) is 0.656. The minimum atomic E-state index is -0.364. The summed E-state index contributed by atoms with van der Waals surface area (Å²) in [7, 11) is 3.17. The van der Waals surface area contributed by atoms with E-state index in [1.807, 2.05) is 28.8 Å². The van der Waals surface area contributed by atoms with Crippen LogP contribution < -0.4 is 11.2 Å². The number of fused-ring (bicyclic) bond motifs is 1. The summed E-state index contributed by atoms with van der Waals surface area (Å²) < 4.78 is 4.56. The van der Waals surface area contributed by atoms with Crippen molar-refractivity contribution < 1.29 is 0 Å². The average molecular weight is 416 g/mol. The molecule has 8 heteroatoms.